The number of fused-ring (bicyclic) bond motifs is 1. The minimum Gasteiger partial charge on any atom is -0.361 e. The highest BCUT2D eigenvalue weighted by Gasteiger charge is 2.07. The van der Waals surface area contributed by atoms with Gasteiger partial charge in [0, 0.05) is 23.0 Å². The van der Waals surface area contributed by atoms with E-state index in [2.05, 4.69) is 17.2 Å². The third-order valence-electron chi connectivity index (χ3n) is 3.44. The number of benzene rings is 2. The third-order valence-corrected chi connectivity index (χ3v) is 3.44. The van der Waals surface area contributed by atoms with Gasteiger partial charge in [-0.2, -0.15) is 0 Å². The molecule has 0 saturated carbocycles. The van der Waals surface area contributed by atoms with E-state index >= 15 is 0 Å². The van der Waals surface area contributed by atoms with E-state index in [9.17, 15) is 4.79 Å². The van der Waals surface area contributed by atoms with Crippen LogP contribution in [0.1, 0.15) is 22.8 Å². The quantitative estimate of drug-likeness (QED) is 0.738. The van der Waals surface area contributed by atoms with Gasteiger partial charge in [-0.25, -0.2) is 0 Å². The smallest absolute Gasteiger partial charge is 0.255 e. The number of hydrogen-bond acceptors (Lipinski definition) is 1. The Balaban J connectivity index is 1.80. The molecule has 100 valence electrons. The van der Waals surface area contributed by atoms with Crippen LogP contribution in [0.15, 0.2) is 54.7 Å². The molecule has 3 nitrogen and oxygen atoms in total. The minimum atomic E-state index is -0.0919. The summed E-state index contributed by atoms with van der Waals surface area (Å²) in [7, 11) is 0. The summed E-state index contributed by atoms with van der Waals surface area (Å²) >= 11 is 0. The number of aromatic amines is 1. The van der Waals surface area contributed by atoms with Crippen LogP contribution in [0, 0.1) is 0 Å². The van der Waals surface area contributed by atoms with Crippen molar-refractivity contribution in [2.24, 2.45) is 0 Å². The minimum absolute atomic E-state index is 0.0919. The van der Waals surface area contributed by atoms with Crippen molar-refractivity contribution in [2.45, 2.75) is 13.3 Å². The molecule has 0 aliphatic heterocycles. The second kappa shape index (κ2) is 5.21. The van der Waals surface area contributed by atoms with Gasteiger partial charge in [-0.15, -0.1) is 0 Å². The molecule has 1 aromatic heterocycles. The zero-order valence-corrected chi connectivity index (χ0v) is 11.3. The Labute approximate surface area is 117 Å². The molecule has 20 heavy (non-hydrogen) atoms. The highest BCUT2D eigenvalue weighted by Crippen LogP contribution is 2.16. The number of nitrogens with one attached hydrogen (secondary N) is 2. The van der Waals surface area contributed by atoms with Gasteiger partial charge in [-0.05, 0) is 47.7 Å². The molecule has 3 heteroatoms. The van der Waals surface area contributed by atoms with Gasteiger partial charge in [0.1, 0.15) is 0 Å². The summed E-state index contributed by atoms with van der Waals surface area (Å²) in [5.74, 6) is -0.0919. The van der Waals surface area contributed by atoms with Gasteiger partial charge < -0.3 is 10.3 Å². The molecule has 0 unspecified atom stereocenters. The molecule has 0 aliphatic rings. The molecule has 2 aromatic carbocycles. The first-order valence-corrected chi connectivity index (χ1v) is 6.73. The third kappa shape index (κ3) is 2.43. The van der Waals surface area contributed by atoms with Gasteiger partial charge in [0.2, 0.25) is 0 Å². The zero-order valence-electron chi connectivity index (χ0n) is 11.3. The van der Waals surface area contributed by atoms with Crippen molar-refractivity contribution in [1.82, 2.24) is 4.98 Å². The first-order valence-electron chi connectivity index (χ1n) is 6.73. The van der Waals surface area contributed by atoms with Gasteiger partial charge in [0.05, 0.1) is 0 Å². The normalized spacial score (nSPS) is 10.7. The van der Waals surface area contributed by atoms with Crippen LogP contribution in [0.4, 0.5) is 5.69 Å². The Morgan fingerprint density at radius 2 is 1.90 bits per heavy atom. The number of anilines is 1. The van der Waals surface area contributed by atoms with Gasteiger partial charge in [0.25, 0.3) is 5.91 Å². The predicted molar refractivity (Wildman–Crippen MR) is 82.1 cm³/mol. The number of carbonyl (C=O) groups is 1. The van der Waals surface area contributed by atoms with Gasteiger partial charge in [-0.3, -0.25) is 4.79 Å². The first kappa shape index (κ1) is 12.5. The number of carbonyl (C=O) groups excluding carboxylic acids is 1. The van der Waals surface area contributed by atoms with E-state index < -0.39 is 0 Å². The van der Waals surface area contributed by atoms with E-state index in [1.54, 1.807) is 0 Å². The van der Waals surface area contributed by atoms with Gasteiger partial charge in [0.15, 0.2) is 0 Å². The number of aryl methyl sites for hydroxylation is 1. The van der Waals surface area contributed by atoms with Crippen molar-refractivity contribution in [1.29, 1.82) is 0 Å². The average Bonchev–Trinajstić information content (AvgIpc) is 2.95. The molecule has 0 aliphatic carbocycles. The molecule has 0 radical (unpaired) electrons. The zero-order chi connectivity index (χ0) is 13.9. The summed E-state index contributed by atoms with van der Waals surface area (Å²) in [6.45, 7) is 2.11. The maximum absolute atomic E-state index is 12.2. The Hall–Kier alpha value is -2.55. The predicted octanol–water partition coefficient (Wildman–Crippen LogP) is 3.98. The standard InChI is InChI=1S/C17H16N2O/c1-2-12-3-7-15(8-4-12)19-17(20)14-6-5-13-9-10-18-16(13)11-14/h3-11,18H,2H2,1H3,(H,19,20). The summed E-state index contributed by atoms with van der Waals surface area (Å²) < 4.78 is 0. The number of rotatable bonds is 3. The summed E-state index contributed by atoms with van der Waals surface area (Å²) in [6.07, 6.45) is 2.87. The van der Waals surface area contributed by atoms with Crippen LogP contribution in [0.25, 0.3) is 10.9 Å². The van der Waals surface area contributed by atoms with Crippen molar-refractivity contribution in [3.63, 3.8) is 0 Å². The Kier molecular flexibility index (Phi) is 3.25. The number of hydrogen-bond donors (Lipinski definition) is 2. The molecule has 0 atom stereocenters. The molecule has 2 N–H and O–H groups in total. The summed E-state index contributed by atoms with van der Waals surface area (Å²) in [5, 5.41) is 4.02. The first-order chi connectivity index (χ1) is 9.76. The molecule has 3 rings (SSSR count). The van der Waals surface area contributed by atoms with Gasteiger partial charge in [-0.1, -0.05) is 25.1 Å². The molecule has 3 aromatic rings. The van der Waals surface area contributed by atoms with Crippen molar-refractivity contribution in [2.75, 3.05) is 5.32 Å². The molecule has 0 spiro atoms. The van der Waals surface area contributed by atoms with Crippen LogP contribution in [-0.4, -0.2) is 10.9 Å². The molecule has 0 fully saturated rings. The monoisotopic (exact) mass is 264 g/mol. The van der Waals surface area contributed by atoms with Crippen LogP contribution in [0.5, 0.6) is 0 Å². The number of amides is 1. The van der Waals surface area contributed by atoms with Crippen LogP contribution in [0.3, 0.4) is 0 Å². The van der Waals surface area contributed by atoms with Crippen molar-refractivity contribution in [3.8, 4) is 0 Å². The van der Waals surface area contributed by atoms with Crippen LogP contribution in [0.2, 0.25) is 0 Å². The second-order valence-corrected chi connectivity index (χ2v) is 4.78. The van der Waals surface area contributed by atoms with Crippen molar-refractivity contribution < 1.29 is 4.79 Å². The molecule has 1 amide bonds. The SMILES string of the molecule is CCc1ccc(NC(=O)c2ccc3cc[nH]c3c2)cc1. The Morgan fingerprint density at radius 1 is 1.10 bits per heavy atom. The molecular formula is C17H16N2O. The highest BCUT2D eigenvalue weighted by molar-refractivity contribution is 6.06. The lowest BCUT2D eigenvalue weighted by atomic mass is 10.1. The lowest BCUT2D eigenvalue weighted by molar-refractivity contribution is 0.102. The van der Waals surface area contributed by atoms with Crippen molar-refractivity contribution >= 4 is 22.5 Å². The topological polar surface area (TPSA) is 44.9 Å². The second-order valence-electron chi connectivity index (χ2n) is 4.78. The fraction of sp³-hybridized carbons (Fsp3) is 0.118. The molecule has 1 heterocycles. The fourth-order valence-electron chi connectivity index (χ4n) is 2.22. The van der Waals surface area contributed by atoms with Crippen molar-refractivity contribution in [3.05, 3.63) is 65.9 Å². The average molecular weight is 264 g/mol. The van der Waals surface area contributed by atoms with E-state index in [0.29, 0.717) is 5.56 Å². The lowest BCUT2D eigenvalue weighted by Gasteiger charge is -2.06. The molecular weight excluding hydrogens is 248 g/mol. The fourth-order valence-corrected chi connectivity index (χ4v) is 2.22. The summed E-state index contributed by atoms with van der Waals surface area (Å²) in [5.41, 5.74) is 3.70. The lowest BCUT2D eigenvalue weighted by Crippen LogP contribution is -2.11. The number of H-pyrrole nitrogens is 1. The molecule has 0 bridgehead atoms. The van der Waals surface area contributed by atoms with E-state index in [1.807, 2.05) is 54.7 Å². The summed E-state index contributed by atoms with van der Waals surface area (Å²) in [4.78, 5) is 15.3. The number of aromatic nitrogens is 1. The molecule has 0 saturated heterocycles. The van der Waals surface area contributed by atoms with E-state index in [-0.39, 0.29) is 5.91 Å². The summed E-state index contributed by atoms with van der Waals surface area (Å²) in [6, 6.07) is 15.6. The van der Waals surface area contributed by atoms with Crippen LogP contribution in [-0.2, 0) is 6.42 Å². The highest BCUT2D eigenvalue weighted by atomic mass is 16.1. The maximum Gasteiger partial charge on any atom is 0.255 e. The van der Waals surface area contributed by atoms with Gasteiger partial charge >= 0.3 is 0 Å². The largest absolute Gasteiger partial charge is 0.361 e. The van der Waals surface area contributed by atoms with E-state index in [0.717, 1.165) is 23.0 Å². The Morgan fingerprint density at radius 3 is 2.65 bits per heavy atom. The maximum atomic E-state index is 12.2. The van der Waals surface area contributed by atoms with E-state index in [1.165, 1.54) is 5.56 Å². The van der Waals surface area contributed by atoms with Crippen LogP contribution < -0.4 is 5.32 Å². The Bertz CT molecular complexity index is 741. The van der Waals surface area contributed by atoms with E-state index in [4.69, 9.17) is 0 Å². The van der Waals surface area contributed by atoms with Crippen LogP contribution >= 0.6 is 0 Å².